The molecular weight excluding hydrogens is 863 g/mol. The summed E-state index contributed by atoms with van der Waals surface area (Å²) < 4.78 is 20.0. The van der Waals surface area contributed by atoms with Crippen molar-refractivity contribution in [3.63, 3.8) is 0 Å². The monoisotopic (exact) mass is 929 g/mol. The molecule has 4 aromatic rings. The van der Waals surface area contributed by atoms with E-state index in [4.69, 9.17) is 24.2 Å². The van der Waals surface area contributed by atoms with Gasteiger partial charge >= 0.3 is 12.0 Å². The number of benzene rings is 1. The number of aliphatic hydroxyl groups is 1. The molecular formula is C48H67N9O8S. The summed E-state index contributed by atoms with van der Waals surface area (Å²) >= 11 is 1.37. The molecule has 5 atom stereocenters. The van der Waals surface area contributed by atoms with E-state index in [0.717, 1.165) is 39.0 Å². The molecule has 0 spiro atoms. The second-order valence-electron chi connectivity index (χ2n) is 19.3. The summed E-state index contributed by atoms with van der Waals surface area (Å²) in [6.07, 6.45) is 2.11. The highest BCUT2D eigenvalue weighted by atomic mass is 32.1. The third kappa shape index (κ3) is 10.3. The molecule has 0 saturated carbocycles. The highest BCUT2D eigenvalue weighted by Gasteiger charge is 2.46. The number of amides is 4. The van der Waals surface area contributed by atoms with Crippen LogP contribution in [0.25, 0.3) is 33.4 Å². The summed E-state index contributed by atoms with van der Waals surface area (Å²) in [6, 6.07) is 7.86. The molecule has 358 valence electrons. The molecule has 66 heavy (non-hydrogen) atoms. The van der Waals surface area contributed by atoms with E-state index in [-0.39, 0.29) is 56.6 Å². The minimum atomic E-state index is -2.22. The van der Waals surface area contributed by atoms with Crippen molar-refractivity contribution in [2.24, 2.45) is 11.3 Å². The number of nitrogens with zero attached hydrogens (tertiary/aromatic N) is 7. The van der Waals surface area contributed by atoms with Crippen molar-refractivity contribution in [1.82, 2.24) is 45.0 Å². The standard InChI is InChI=1S/C48H67N9O8S/c1-11-56-38-16-15-31-22-34(38)35(42(56)33-14-12-18-49-40(33)30(4)63-10)24-47(5,6)28-65-45(60)48(62)17-13-19-57(52-48)44(59)36(23-39-50-37(31)27-66-39)51-43(58)41(29(2)3)54(9)46(61)55-20-21-64-32(26-55)25-53(7)8/h12,14-16,18,22,27,29-30,32,36,41,52,62H,11,13,17,19-21,23-26,28H2,1-10H3,(H,51,58)/t30-,32-,36-,41-,48-/m0/s1. The van der Waals surface area contributed by atoms with E-state index in [1.807, 2.05) is 71.1 Å². The molecule has 6 bridgehead atoms. The number of rotatable bonds is 10. The van der Waals surface area contributed by atoms with E-state index in [1.165, 1.54) is 21.2 Å². The molecule has 0 aliphatic carbocycles. The van der Waals surface area contributed by atoms with E-state index >= 15 is 0 Å². The van der Waals surface area contributed by atoms with Crippen LogP contribution in [0.1, 0.15) is 76.8 Å². The summed E-state index contributed by atoms with van der Waals surface area (Å²) in [6.45, 7) is 14.4. The van der Waals surface area contributed by atoms with Gasteiger partial charge in [-0.2, -0.15) is 5.43 Å². The Bertz CT molecular complexity index is 2420. The van der Waals surface area contributed by atoms with Crippen LogP contribution in [0, 0.1) is 11.3 Å². The van der Waals surface area contributed by atoms with Crippen LogP contribution in [0.5, 0.6) is 0 Å². The topological polar surface area (TPSA) is 184 Å². The molecule has 3 aliphatic heterocycles. The number of aromatic nitrogens is 3. The number of urea groups is 1. The zero-order chi connectivity index (χ0) is 47.7. The van der Waals surface area contributed by atoms with E-state index in [1.54, 1.807) is 25.3 Å². The van der Waals surface area contributed by atoms with Crippen LogP contribution in [0.4, 0.5) is 4.79 Å². The molecule has 1 aromatic carbocycles. The number of hydrogen-bond acceptors (Lipinski definition) is 13. The number of pyridine rings is 1. The fourth-order valence-electron chi connectivity index (χ4n) is 9.54. The number of ether oxygens (including phenoxy) is 3. The number of hydrogen-bond donors (Lipinski definition) is 3. The van der Waals surface area contributed by atoms with Crippen LogP contribution >= 0.6 is 11.3 Å². The third-order valence-electron chi connectivity index (χ3n) is 12.8. The second-order valence-corrected chi connectivity index (χ2v) is 20.2. The number of esters is 1. The number of thiazole rings is 1. The molecule has 7 rings (SSSR count). The van der Waals surface area contributed by atoms with Gasteiger partial charge in [0.15, 0.2) is 0 Å². The summed E-state index contributed by atoms with van der Waals surface area (Å²) in [5.41, 5.74) is 6.33. The average molecular weight is 930 g/mol. The molecule has 4 amide bonds. The molecule has 18 heteroatoms. The van der Waals surface area contributed by atoms with Crippen LogP contribution in [-0.2, 0) is 48.0 Å². The molecule has 3 aromatic heterocycles. The summed E-state index contributed by atoms with van der Waals surface area (Å²) in [4.78, 5) is 72.2. The van der Waals surface area contributed by atoms with Gasteiger partial charge in [0.05, 0.1) is 47.5 Å². The van der Waals surface area contributed by atoms with E-state index in [2.05, 4.69) is 40.4 Å². The molecule has 6 heterocycles. The molecule has 0 radical (unpaired) electrons. The van der Waals surface area contributed by atoms with Crippen molar-refractivity contribution in [1.29, 1.82) is 0 Å². The van der Waals surface area contributed by atoms with Gasteiger partial charge in [0.1, 0.15) is 12.1 Å². The van der Waals surface area contributed by atoms with E-state index in [9.17, 15) is 24.3 Å². The van der Waals surface area contributed by atoms with Crippen LogP contribution in [-0.4, -0.2) is 155 Å². The third-order valence-corrected chi connectivity index (χ3v) is 13.7. The predicted molar refractivity (Wildman–Crippen MR) is 252 cm³/mol. The van der Waals surface area contributed by atoms with Gasteiger partial charge in [0.2, 0.25) is 11.6 Å². The maximum Gasteiger partial charge on any atom is 0.355 e. The molecule has 2 fully saturated rings. The molecule has 3 aliphatic rings. The van der Waals surface area contributed by atoms with E-state index < -0.39 is 41.0 Å². The van der Waals surface area contributed by atoms with Crippen molar-refractivity contribution < 1.29 is 38.5 Å². The van der Waals surface area contributed by atoms with Gasteiger partial charge in [0.25, 0.3) is 5.91 Å². The highest BCUT2D eigenvalue weighted by Crippen LogP contribution is 2.42. The number of carbonyl (C=O) groups is 4. The maximum absolute atomic E-state index is 14.7. The van der Waals surface area contributed by atoms with Crippen molar-refractivity contribution in [2.75, 3.05) is 67.6 Å². The number of likely N-dealkylation sites (N-methyl/N-ethyl adjacent to an activating group) is 2. The number of morpholine rings is 1. The van der Waals surface area contributed by atoms with Crippen LogP contribution in [0.2, 0.25) is 0 Å². The fourth-order valence-corrected chi connectivity index (χ4v) is 10.4. The lowest BCUT2D eigenvalue weighted by molar-refractivity contribution is -0.189. The Kier molecular flexibility index (Phi) is 14.9. The average Bonchev–Trinajstić information content (AvgIpc) is 3.88. The van der Waals surface area contributed by atoms with Crippen molar-refractivity contribution >= 4 is 46.1 Å². The summed E-state index contributed by atoms with van der Waals surface area (Å²) in [5.74, 6) is -2.32. The Morgan fingerprint density at radius 2 is 1.91 bits per heavy atom. The number of carbonyl (C=O) groups excluding carboxylic acids is 4. The smallest absolute Gasteiger partial charge is 0.355 e. The first-order valence-electron chi connectivity index (χ1n) is 23.0. The van der Waals surface area contributed by atoms with Gasteiger partial charge in [0, 0.05) is 98.7 Å². The van der Waals surface area contributed by atoms with Gasteiger partial charge < -0.3 is 43.9 Å². The Morgan fingerprint density at radius 3 is 2.62 bits per heavy atom. The number of aryl methyl sites for hydroxylation is 1. The van der Waals surface area contributed by atoms with Gasteiger partial charge in [-0.05, 0) is 76.5 Å². The lowest BCUT2D eigenvalue weighted by atomic mass is 9.84. The Morgan fingerprint density at radius 1 is 1.14 bits per heavy atom. The second kappa shape index (κ2) is 20.1. The summed E-state index contributed by atoms with van der Waals surface area (Å²) in [7, 11) is 7.17. The number of hydrazine groups is 1. The first-order chi connectivity index (χ1) is 31.3. The SMILES string of the molecule is CCn1c(-c2cccnc2[C@H](C)OC)c2c3cc(ccc31)-c1csc(n1)C[C@H](NC(=O)[C@H](C(C)C)N(C)C(=O)N1CCO[C@@H](CN(C)C)C1)C(=O)N1CCC[C@@](O)(N1)C(=O)OCC(C)(C)C2. The van der Waals surface area contributed by atoms with Crippen LogP contribution in [0.3, 0.4) is 0 Å². The molecule has 3 N–H and O–H groups in total. The maximum atomic E-state index is 14.7. The first kappa shape index (κ1) is 48.9. The zero-order valence-corrected chi connectivity index (χ0v) is 40.9. The van der Waals surface area contributed by atoms with Crippen molar-refractivity contribution in [3.05, 3.63) is 58.2 Å². The molecule has 17 nitrogen and oxygen atoms in total. The Labute approximate surface area is 391 Å². The highest BCUT2D eigenvalue weighted by molar-refractivity contribution is 7.10. The Hall–Kier alpha value is -4.98. The largest absolute Gasteiger partial charge is 0.462 e. The van der Waals surface area contributed by atoms with Crippen molar-refractivity contribution in [3.8, 4) is 22.5 Å². The lowest BCUT2D eigenvalue weighted by Gasteiger charge is -2.41. The van der Waals surface area contributed by atoms with Crippen LogP contribution in [0.15, 0.2) is 41.9 Å². The number of nitrogens with one attached hydrogen (secondary N) is 2. The summed E-state index contributed by atoms with van der Waals surface area (Å²) in [5, 5.41) is 19.6. The van der Waals surface area contributed by atoms with Gasteiger partial charge in [-0.1, -0.05) is 33.8 Å². The quantitative estimate of drug-likeness (QED) is 0.184. The normalized spacial score (nSPS) is 22.6. The molecule has 0 unspecified atom stereocenters. The number of methoxy groups -OCH3 is 1. The lowest BCUT2D eigenvalue weighted by Crippen LogP contribution is -2.67. The minimum absolute atomic E-state index is 0.000555. The minimum Gasteiger partial charge on any atom is -0.462 e. The number of cyclic esters (lactones) is 1. The Balaban J connectivity index is 1.28. The van der Waals surface area contributed by atoms with Gasteiger partial charge in [-0.3, -0.25) is 19.6 Å². The predicted octanol–water partition coefficient (Wildman–Crippen LogP) is 4.86. The fraction of sp³-hybridized carbons (Fsp3) is 0.583. The van der Waals surface area contributed by atoms with Gasteiger partial charge in [-0.15, -0.1) is 11.3 Å². The van der Waals surface area contributed by atoms with Crippen LogP contribution < -0.4 is 10.7 Å². The zero-order valence-electron chi connectivity index (χ0n) is 40.1. The number of fused-ring (bicyclic) bond motifs is 6. The molecule has 2 saturated heterocycles. The van der Waals surface area contributed by atoms with Crippen molar-refractivity contribution in [2.45, 2.75) is 104 Å². The van der Waals surface area contributed by atoms with Gasteiger partial charge in [-0.25, -0.2) is 14.6 Å². The van der Waals surface area contributed by atoms with E-state index in [0.29, 0.717) is 49.9 Å². The first-order valence-corrected chi connectivity index (χ1v) is 23.9.